The number of carbonyl (C=O) groups is 1. The summed E-state index contributed by atoms with van der Waals surface area (Å²) in [6.45, 7) is 2.87. The number of hydrogen-bond acceptors (Lipinski definition) is 8. The Morgan fingerprint density at radius 3 is 2.82 bits per heavy atom. The summed E-state index contributed by atoms with van der Waals surface area (Å²) < 4.78 is 12.2. The molecule has 0 saturated heterocycles. The molecule has 1 aromatic carbocycles. The molecule has 7 nitrogen and oxygen atoms in total. The summed E-state index contributed by atoms with van der Waals surface area (Å²) >= 11 is 6.19. The number of aromatic nitrogens is 3. The van der Waals surface area contributed by atoms with E-state index in [1.165, 1.54) is 11.8 Å². The molecule has 2 heterocycles. The van der Waals surface area contributed by atoms with Crippen LogP contribution in [0.1, 0.15) is 16.6 Å². The molecule has 0 aliphatic rings. The highest BCUT2D eigenvalue weighted by molar-refractivity contribution is 9.10. The number of likely N-dealkylation sites (N-methyl/N-ethyl adjacent to an activating group) is 1. The minimum absolute atomic E-state index is 0.0284. The topological polar surface area (TPSA) is 81.4 Å². The van der Waals surface area contributed by atoms with Crippen molar-refractivity contribution in [2.45, 2.75) is 18.6 Å². The van der Waals surface area contributed by atoms with E-state index in [9.17, 15) is 4.79 Å². The number of benzene rings is 1. The maximum Gasteiger partial charge on any atom is 0.277 e. The van der Waals surface area contributed by atoms with E-state index in [-0.39, 0.29) is 11.7 Å². The molecule has 0 aliphatic heterocycles. The Morgan fingerprint density at radius 1 is 1.32 bits per heavy atom. The number of thiazole rings is 1. The van der Waals surface area contributed by atoms with Gasteiger partial charge in [0, 0.05) is 16.9 Å². The number of nitrogens with zero attached hydrogens (tertiary/aromatic N) is 4. The summed E-state index contributed by atoms with van der Waals surface area (Å²) in [7, 11) is 1.75. The Hall–Kier alpha value is -1.91. The second-order valence-corrected chi connectivity index (χ2v) is 8.81. The van der Waals surface area contributed by atoms with Gasteiger partial charge in [-0.2, -0.15) is 0 Å². The molecule has 2 aromatic heterocycles. The van der Waals surface area contributed by atoms with Gasteiger partial charge in [-0.05, 0) is 31.2 Å². The summed E-state index contributed by atoms with van der Waals surface area (Å²) in [5.41, 5.74) is 0.907. The molecule has 0 spiro atoms. The first-order valence-electron chi connectivity index (χ1n) is 8.48. The van der Waals surface area contributed by atoms with Gasteiger partial charge in [-0.1, -0.05) is 27.7 Å². The smallest absolute Gasteiger partial charge is 0.277 e. The third kappa shape index (κ3) is 6.32. The van der Waals surface area contributed by atoms with Gasteiger partial charge in [0.1, 0.15) is 12.4 Å². The second-order valence-electron chi connectivity index (χ2n) is 5.90. The molecular weight excluding hydrogens is 464 g/mol. The van der Waals surface area contributed by atoms with Crippen molar-refractivity contribution < 1.29 is 13.9 Å². The van der Waals surface area contributed by atoms with E-state index in [4.69, 9.17) is 9.15 Å². The number of ether oxygens (including phenoxy) is 1. The molecule has 0 atom stereocenters. The number of amides is 1. The number of aryl methyl sites for hydroxylation is 1. The van der Waals surface area contributed by atoms with Crippen molar-refractivity contribution in [3.05, 3.63) is 50.7 Å². The maximum absolute atomic E-state index is 12.2. The van der Waals surface area contributed by atoms with E-state index in [1.54, 1.807) is 23.3 Å². The van der Waals surface area contributed by atoms with Crippen molar-refractivity contribution >= 4 is 44.9 Å². The molecule has 0 fully saturated rings. The number of rotatable bonds is 9. The molecule has 0 bridgehead atoms. The molecule has 28 heavy (non-hydrogen) atoms. The van der Waals surface area contributed by atoms with Crippen molar-refractivity contribution in [3.8, 4) is 5.75 Å². The minimum atomic E-state index is -0.0284. The average Bonchev–Trinajstić information content (AvgIpc) is 3.30. The number of halogens is 1. The number of carbonyl (C=O) groups excluding carboxylic acids is 1. The fourth-order valence-electron chi connectivity index (χ4n) is 2.20. The van der Waals surface area contributed by atoms with Gasteiger partial charge in [-0.25, -0.2) is 4.98 Å². The lowest BCUT2D eigenvalue weighted by Crippen LogP contribution is -2.32. The van der Waals surface area contributed by atoms with Gasteiger partial charge >= 0.3 is 0 Å². The zero-order valence-corrected chi connectivity index (χ0v) is 18.6. The molecule has 10 heteroatoms. The van der Waals surface area contributed by atoms with E-state index in [0.29, 0.717) is 30.7 Å². The highest BCUT2D eigenvalue weighted by Gasteiger charge is 2.14. The highest BCUT2D eigenvalue weighted by Crippen LogP contribution is 2.19. The predicted molar refractivity (Wildman–Crippen MR) is 112 cm³/mol. The Bertz CT molecular complexity index is 914. The average molecular weight is 483 g/mol. The Labute approximate surface area is 179 Å². The summed E-state index contributed by atoms with van der Waals surface area (Å²) in [5.74, 6) is 1.47. The lowest BCUT2D eigenvalue weighted by molar-refractivity contribution is -0.127. The van der Waals surface area contributed by atoms with Gasteiger partial charge in [0.15, 0.2) is 0 Å². The number of hydrogen-bond donors (Lipinski definition) is 0. The van der Waals surface area contributed by atoms with E-state index in [0.717, 1.165) is 20.9 Å². The fraction of sp³-hybridized carbons (Fsp3) is 0.333. The van der Waals surface area contributed by atoms with Crippen LogP contribution in [-0.2, 0) is 11.2 Å². The van der Waals surface area contributed by atoms with Crippen LogP contribution in [0, 0.1) is 6.92 Å². The van der Waals surface area contributed by atoms with Crippen LogP contribution in [0.3, 0.4) is 0 Å². The van der Waals surface area contributed by atoms with E-state index < -0.39 is 0 Å². The van der Waals surface area contributed by atoms with Crippen LogP contribution in [0.4, 0.5) is 0 Å². The zero-order chi connectivity index (χ0) is 19.9. The largest absolute Gasteiger partial charge is 0.492 e. The summed E-state index contributed by atoms with van der Waals surface area (Å²) in [5, 5.41) is 11.4. The monoisotopic (exact) mass is 482 g/mol. The molecule has 3 aromatic rings. The van der Waals surface area contributed by atoms with Gasteiger partial charge < -0.3 is 14.1 Å². The molecule has 0 saturated carbocycles. The Kier molecular flexibility index (Phi) is 7.46. The highest BCUT2D eigenvalue weighted by atomic mass is 79.9. The Balaban J connectivity index is 1.39. The lowest BCUT2D eigenvalue weighted by Gasteiger charge is -2.16. The first-order valence-corrected chi connectivity index (χ1v) is 11.1. The van der Waals surface area contributed by atoms with Crippen LogP contribution in [0.5, 0.6) is 5.75 Å². The minimum Gasteiger partial charge on any atom is -0.492 e. The Morgan fingerprint density at radius 2 is 2.11 bits per heavy atom. The van der Waals surface area contributed by atoms with Crippen molar-refractivity contribution in [2.75, 3.05) is 26.0 Å². The molecule has 0 N–H and O–H groups in total. The molecule has 0 radical (unpaired) electrons. The standard InChI is InChI=1S/C18H19BrN4O3S2/c1-12-20-14(10-27-12)9-16-21-22-18(26-16)28-11-17(24)23(2)7-8-25-15-5-3-13(19)4-6-15/h3-6,10H,7-9,11H2,1-2H3. The molecule has 3 rings (SSSR count). The normalized spacial score (nSPS) is 10.8. The first-order chi connectivity index (χ1) is 13.5. The molecule has 0 aliphatic carbocycles. The maximum atomic E-state index is 12.2. The van der Waals surface area contributed by atoms with Gasteiger partial charge in [0.05, 0.1) is 29.4 Å². The van der Waals surface area contributed by atoms with Gasteiger partial charge in [-0.15, -0.1) is 21.5 Å². The van der Waals surface area contributed by atoms with E-state index >= 15 is 0 Å². The third-order valence-corrected chi connectivity index (χ3v) is 5.86. The van der Waals surface area contributed by atoms with Crippen molar-refractivity contribution in [3.63, 3.8) is 0 Å². The predicted octanol–water partition coefficient (Wildman–Crippen LogP) is 3.82. The first kappa shape index (κ1) is 20.8. The van der Waals surface area contributed by atoms with Crippen LogP contribution in [0.25, 0.3) is 0 Å². The van der Waals surface area contributed by atoms with Crippen molar-refractivity contribution in [1.29, 1.82) is 0 Å². The fourth-order valence-corrected chi connectivity index (χ4v) is 3.80. The second kappa shape index (κ2) is 10.0. The van der Waals surface area contributed by atoms with Crippen LogP contribution in [0.15, 0.2) is 43.8 Å². The summed E-state index contributed by atoms with van der Waals surface area (Å²) in [6.07, 6.45) is 0.499. The lowest BCUT2D eigenvalue weighted by atomic mass is 10.3. The molecule has 0 unspecified atom stereocenters. The molecular formula is C18H19BrN4O3S2. The summed E-state index contributed by atoms with van der Waals surface area (Å²) in [4.78, 5) is 18.3. The van der Waals surface area contributed by atoms with E-state index in [2.05, 4.69) is 31.1 Å². The number of thioether (sulfide) groups is 1. The van der Waals surface area contributed by atoms with Crippen molar-refractivity contribution in [2.24, 2.45) is 0 Å². The molecule has 148 valence electrons. The van der Waals surface area contributed by atoms with Gasteiger partial charge in [0.2, 0.25) is 11.8 Å². The zero-order valence-electron chi connectivity index (χ0n) is 15.4. The summed E-state index contributed by atoms with van der Waals surface area (Å²) in [6, 6.07) is 7.58. The van der Waals surface area contributed by atoms with Crippen LogP contribution < -0.4 is 4.74 Å². The third-order valence-electron chi connectivity index (χ3n) is 3.70. The van der Waals surface area contributed by atoms with Crippen LogP contribution in [0.2, 0.25) is 0 Å². The quantitative estimate of drug-likeness (QED) is 0.428. The van der Waals surface area contributed by atoms with Crippen LogP contribution >= 0.6 is 39.0 Å². The molecule has 1 amide bonds. The SMILES string of the molecule is Cc1nc(Cc2nnc(SCC(=O)N(C)CCOc3ccc(Br)cc3)o2)cs1. The van der Waals surface area contributed by atoms with Crippen molar-refractivity contribution in [1.82, 2.24) is 20.1 Å². The van der Waals surface area contributed by atoms with Gasteiger partial charge in [-0.3, -0.25) is 4.79 Å². The van der Waals surface area contributed by atoms with E-state index in [1.807, 2.05) is 36.6 Å². The van der Waals surface area contributed by atoms with Crippen LogP contribution in [-0.4, -0.2) is 51.9 Å². The van der Waals surface area contributed by atoms with Gasteiger partial charge in [0.25, 0.3) is 5.22 Å².